The molecule has 0 bridgehead atoms. The largest absolute Gasteiger partial charge is 0.492 e. The van der Waals surface area contributed by atoms with E-state index < -0.39 is 6.10 Å². The monoisotopic (exact) mass is 384 g/mol. The summed E-state index contributed by atoms with van der Waals surface area (Å²) >= 11 is 0. The van der Waals surface area contributed by atoms with Crippen LogP contribution in [0, 0.1) is 5.82 Å². The van der Waals surface area contributed by atoms with Crippen LogP contribution in [0.1, 0.15) is 31.4 Å². The third-order valence-electron chi connectivity index (χ3n) is 4.68. The van der Waals surface area contributed by atoms with Gasteiger partial charge in [0.05, 0.1) is 18.0 Å². The molecule has 7 heteroatoms. The molecule has 0 unspecified atom stereocenters. The quantitative estimate of drug-likeness (QED) is 0.854. The Kier molecular flexibility index (Phi) is 4.90. The normalized spacial score (nSPS) is 20.0. The number of carbonyl (C=O) groups excluding carboxylic acids is 1. The molecule has 2 aromatic rings. The number of hydrogen-bond donors (Lipinski definition) is 1. The second-order valence-electron chi connectivity index (χ2n) is 6.86. The van der Waals surface area contributed by atoms with Gasteiger partial charge in [-0.05, 0) is 32.0 Å². The number of carbonyl (C=O) groups is 1. The molecule has 0 spiro atoms. The number of halogens is 1. The number of amides is 1. The zero-order valence-corrected chi connectivity index (χ0v) is 15.7. The lowest BCUT2D eigenvalue weighted by atomic mass is 10.0. The number of benzene rings is 2. The minimum atomic E-state index is -0.791. The topological polar surface area (TPSA) is 69.2 Å². The number of fused-ring (bicyclic) bond motifs is 1. The Morgan fingerprint density at radius 2 is 2.18 bits per heavy atom. The van der Waals surface area contributed by atoms with Crippen LogP contribution in [0.15, 0.2) is 41.6 Å². The number of nitrogens with one attached hydrogen (secondary N) is 1. The Morgan fingerprint density at radius 3 is 2.96 bits per heavy atom. The Morgan fingerprint density at radius 1 is 1.32 bits per heavy atom. The molecule has 0 saturated carbocycles. The van der Waals surface area contributed by atoms with Crippen LogP contribution in [0.25, 0.3) is 0 Å². The van der Waals surface area contributed by atoms with E-state index in [1.807, 2.05) is 19.9 Å². The smallest absolute Gasteiger partial charge is 0.268 e. The summed E-state index contributed by atoms with van der Waals surface area (Å²) in [5, 5.41) is 6.80. The highest BCUT2D eigenvalue weighted by Gasteiger charge is 2.30. The molecule has 0 aliphatic carbocycles. The van der Waals surface area contributed by atoms with Crippen molar-refractivity contribution in [3.63, 3.8) is 0 Å². The highest BCUT2D eigenvalue weighted by atomic mass is 19.1. The van der Waals surface area contributed by atoms with E-state index in [9.17, 15) is 9.18 Å². The lowest BCUT2D eigenvalue weighted by molar-refractivity contribution is -0.125. The van der Waals surface area contributed by atoms with Gasteiger partial charge >= 0.3 is 0 Å². The number of nitrogens with zero attached hydrogens (tertiary/aromatic N) is 1. The van der Waals surface area contributed by atoms with Crippen molar-refractivity contribution in [1.82, 2.24) is 0 Å². The summed E-state index contributed by atoms with van der Waals surface area (Å²) in [7, 11) is 0. The van der Waals surface area contributed by atoms with Crippen LogP contribution in [0.5, 0.6) is 11.5 Å². The molecule has 2 aliphatic rings. The van der Waals surface area contributed by atoms with Crippen LogP contribution in [-0.4, -0.2) is 30.4 Å². The fraction of sp³-hybridized carbons (Fsp3) is 0.333. The molecule has 2 heterocycles. The second kappa shape index (κ2) is 7.50. The maximum Gasteiger partial charge on any atom is 0.268 e. The number of oxime groups is 1. The van der Waals surface area contributed by atoms with E-state index in [0.717, 1.165) is 17.7 Å². The van der Waals surface area contributed by atoms with Crippen molar-refractivity contribution >= 4 is 17.3 Å². The molecule has 2 aliphatic heterocycles. The highest BCUT2D eigenvalue weighted by Crippen LogP contribution is 2.38. The Balaban J connectivity index is 1.48. The predicted molar refractivity (Wildman–Crippen MR) is 102 cm³/mol. The lowest BCUT2D eigenvalue weighted by Crippen LogP contribution is -2.28. The van der Waals surface area contributed by atoms with Crippen LogP contribution < -0.4 is 14.8 Å². The zero-order chi connectivity index (χ0) is 19.7. The van der Waals surface area contributed by atoms with Gasteiger partial charge in [0.1, 0.15) is 23.4 Å². The van der Waals surface area contributed by atoms with Crippen LogP contribution in [-0.2, 0) is 16.1 Å². The molecule has 0 radical (unpaired) electrons. The molecule has 4 rings (SSSR count). The first-order valence-corrected chi connectivity index (χ1v) is 9.29. The predicted octanol–water partition coefficient (Wildman–Crippen LogP) is 3.68. The molecule has 0 saturated heterocycles. The minimum Gasteiger partial charge on any atom is -0.492 e. The van der Waals surface area contributed by atoms with E-state index >= 15 is 0 Å². The van der Waals surface area contributed by atoms with Crippen LogP contribution in [0.4, 0.5) is 10.1 Å². The summed E-state index contributed by atoms with van der Waals surface area (Å²) in [5.41, 5.74) is 2.73. The fourth-order valence-electron chi connectivity index (χ4n) is 3.38. The molecule has 2 aromatic carbocycles. The molecule has 1 N–H and O–H groups in total. The maximum absolute atomic E-state index is 13.4. The third-order valence-corrected chi connectivity index (χ3v) is 4.68. The van der Waals surface area contributed by atoms with Crippen molar-refractivity contribution in [2.45, 2.75) is 38.9 Å². The van der Waals surface area contributed by atoms with Crippen molar-refractivity contribution < 1.29 is 23.5 Å². The molecule has 6 nitrogen and oxygen atoms in total. The first kappa shape index (κ1) is 18.3. The molecule has 0 fully saturated rings. The molecule has 2 atom stereocenters. The summed E-state index contributed by atoms with van der Waals surface area (Å²) in [6.45, 7) is 4.36. The van der Waals surface area contributed by atoms with Gasteiger partial charge in [-0.3, -0.25) is 4.79 Å². The summed E-state index contributed by atoms with van der Waals surface area (Å²) in [6.07, 6.45) is 0.370. The van der Waals surface area contributed by atoms with Gasteiger partial charge in [0, 0.05) is 30.0 Å². The number of rotatable bonds is 5. The minimum absolute atomic E-state index is 0.0934. The van der Waals surface area contributed by atoms with E-state index in [-0.39, 0.29) is 24.2 Å². The van der Waals surface area contributed by atoms with E-state index in [1.54, 1.807) is 18.2 Å². The summed E-state index contributed by atoms with van der Waals surface area (Å²) < 4.78 is 24.9. The average molecular weight is 384 g/mol. The van der Waals surface area contributed by atoms with Crippen molar-refractivity contribution in [1.29, 1.82) is 0 Å². The molecular weight excluding hydrogens is 363 g/mol. The van der Waals surface area contributed by atoms with E-state index in [2.05, 4.69) is 10.5 Å². The fourth-order valence-corrected chi connectivity index (χ4v) is 3.38. The summed E-state index contributed by atoms with van der Waals surface area (Å²) in [6, 6.07) is 9.75. The van der Waals surface area contributed by atoms with Gasteiger partial charge in [0.25, 0.3) is 5.91 Å². The standard InChI is InChI=1S/C21H21FN2O4/c1-3-26-19-9-14-7-12(2)27-18(14)11-17(19)23-21(25)20-10-16(24-28-20)13-5-4-6-15(22)8-13/h4-6,8-9,11-12,20H,3,7,10H2,1-2H3,(H,23,25)/t12-,20-/m1/s1. The van der Waals surface area contributed by atoms with Crippen molar-refractivity contribution in [2.75, 3.05) is 11.9 Å². The van der Waals surface area contributed by atoms with E-state index in [1.165, 1.54) is 12.1 Å². The third kappa shape index (κ3) is 3.65. The van der Waals surface area contributed by atoms with Crippen molar-refractivity contribution in [3.05, 3.63) is 53.3 Å². The van der Waals surface area contributed by atoms with Crippen LogP contribution >= 0.6 is 0 Å². The lowest BCUT2D eigenvalue weighted by Gasteiger charge is -2.15. The number of anilines is 1. The van der Waals surface area contributed by atoms with Gasteiger partial charge in [-0.2, -0.15) is 0 Å². The highest BCUT2D eigenvalue weighted by molar-refractivity contribution is 6.06. The van der Waals surface area contributed by atoms with Gasteiger partial charge in [-0.1, -0.05) is 17.3 Å². The maximum atomic E-state index is 13.4. The summed E-state index contributed by atoms with van der Waals surface area (Å²) in [5.74, 6) is 0.635. The number of ether oxygens (including phenoxy) is 2. The summed E-state index contributed by atoms with van der Waals surface area (Å²) in [4.78, 5) is 18.0. The Labute approximate surface area is 162 Å². The van der Waals surface area contributed by atoms with Gasteiger partial charge in [-0.25, -0.2) is 4.39 Å². The first-order valence-electron chi connectivity index (χ1n) is 9.29. The van der Waals surface area contributed by atoms with Crippen molar-refractivity contribution in [3.8, 4) is 11.5 Å². The second-order valence-corrected chi connectivity index (χ2v) is 6.86. The average Bonchev–Trinajstić information content (AvgIpc) is 3.28. The Hall–Kier alpha value is -3.09. The molecule has 0 aromatic heterocycles. The van der Waals surface area contributed by atoms with Crippen LogP contribution in [0.3, 0.4) is 0 Å². The Bertz CT molecular complexity index is 944. The van der Waals surface area contributed by atoms with Crippen molar-refractivity contribution in [2.24, 2.45) is 5.16 Å². The SMILES string of the molecule is CCOc1cc2c(cc1NC(=O)[C@H]1CC(c3cccc(F)c3)=NO1)O[C@H](C)C2. The molecule has 28 heavy (non-hydrogen) atoms. The van der Waals surface area contributed by atoms with Gasteiger partial charge < -0.3 is 19.6 Å². The zero-order valence-electron chi connectivity index (χ0n) is 15.7. The molecule has 1 amide bonds. The first-order chi connectivity index (χ1) is 13.5. The van der Waals surface area contributed by atoms with Crippen LogP contribution in [0.2, 0.25) is 0 Å². The van der Waals surface area contributed by atoms with Gasteiger partial charge in [-0.15, -0.1) is 0 Å². The molecular formula is C21H21FN2O4. The van der Waals surface area contributed by atoms with E-state index in [0.29, 0.717) is 29.3 Å². The number of hydrogen-bond acceptors (Lipinski definition) is 5. The van der Waals surface area contributed by atoms with E-state index in [4.69, 9.17) is 14.3 Å². The van der Waals surface area contributed by atoms with Gasteiger partial charge in [0.2, 0.25) is 6.10 Å². The molecule has 146 valence electrons. The van der Waals surface area contributed by atoms with Gasteiger partial charge in [0.15, 0.2) is 0 Å².